The molecule has 49 heavy (non-hydrogen) atoms. The zero-order valence-corrected chi connectivity index (χ0v) is 30.2. The van der Waals surface area contributed by atoms with Crippen LogP contribution >= 0.6 is 0 Å². The van der Waals surface area contributed by atoms with Gasteiger partial charge in [-0.05, 0) is 133 Å². The van der Waals surface area contributed by atoms with Gasteiger partial charge in [-0.3, -0.25) is 0 Å². The summed E-state index contributed by atoms with van der Waals surface area (Å²) in [6.45, 7) is 14.0. The Morgan fingerprint density at radius 2 is 0.878 bits per heavy atom. The Morgan fingerprint density at radius 1 is 0.347 bits per heavy atom. The van der Waals surface area contributed by atoms with E-state index in [2.05, 4.69) is 174 Å². The highest BCUT2D eigenvalue weighted by Crippen LogP contribution is 2.47. The quantitative estimate of drug-likeness (QED) is 0.133. The second-order valence-electron chi connectivity index (χ2n) is 14.9. The van der Waals surface area contributed by atoms with E-state index in [1.165, 1.54) is 99.1 Å². The second kappa shape index (κ2) is 10.9. The van der Waals surface area contributed by atoms with Crippen LogP contribution in [0.4, 0.5) is 0 Å². The molecule has 9 rings (SSSR count). The highest BCUT2D eigenvalue weighted by Gasteiger charge is 2.38. The normalized spacial score (nSPS) is 13.3. The molecule has 0 saturated heterocycles. The van der Waals surface area contributed by atoms with Crippen molar-refractivity contribution in [2.45, 2.75) is 40.8 Å². The number of rotatable bonds is 3. The van der Waals surface area contributed by atoms with E-state index in [9.17, 15) is 0 Å². The number of aryl methyl sites for hydroxylation is 4. The predicted molar refractivity (Wildman–Crippen MR) is 216 cm³/mol. The molecule has 0 unspecified atom stereocenters. The number of hydrogen-bond acceptors (Lipinski definition) is 0. The number of hydrogen-bond donors (Lipinski definition) is 0. The van der Waals surface area contributed by atoms with E-state index in [0.29, 0.717) is 0 Å². The van der Waals surface area contributed by atoms with E-state index in [1.54, 1.807) is 10.4 Å². The van der Waals surface area contributed by atoms with Crippen molar-refractivity contribution in [1.82, 2.24) is 0 Å². The first-order chi connectivity index (χ1) is 23.7. The number of benzene rings is 8. The standard InChI is InChI=1S/C48H40Si/c1-29-19-30(2)22-37(21-29)47-40-18-17-36(35-16-15-33-11-7-8-12-34(33)25-35)26-42(40)48(38-23-31(3)20-32(4)24-38)44-28-46-41(27-43(44)47)39-13-9-10-14-45(39)49(46,5)6/h7-28H,1-6H3. The lowest BCUT2D eigenvalue weighted by Crippen LogP contribution is -2.49. The van der Waals surface area contributed by atoms with E-state index in [4.69, 9.17) is 0 Å². The molecule has 0 aliphatic carbocycles. The molecule has 236 valence electrons. The molecule has 0 spiro atoms. The third-order valence-corrected chi connectivity index (χ3v) is 14.5. The Morgan fingerprint density at radius 3 is 1.57 bits per heavy atom. The van der Waals surface area contributed by atoms with Crippen molar-refractivity contribution in [2.75, 3.05) is 0 Å². The average Bonchev–Trinajstić information content (AvgIpc) is 3.30. The van der Waals surface area contributed by atoms with Gasteiger partial charge in [-0.2, -0.15) is 0 Å². The van der Waals surface area contributed by atoms with Crippen LogP contribution in [-0.2, 0) is 0 Å². The molecule has 0 nitrogen and oxygen atoms in total. The van der Waals surface area contributed by atoms with Gasteiger partial charge in [0, 0.05) is 0 Å². The lowest BCUT2D eigenvalue weighted by atomic mass is 9.83. The summed E-state index contributed by atoms with van der Waals surface area (Å²) in [5.74, 6) is 0. The molecule has 0 radical (unpaired) electrons. The van der Waals surface area contributed by atoms with Crippen LogP contribution in [0.15, 0.2) is 133 Å². The fourth-order valence-electron chi connectivity index (χ4n) is 8.83. The van der Waals surface area contributed by atoms with Gasteiger partial charge in [0.25, 0.3) is 0 Å². The van der Waals surface area contributed by atoms with Crippen molar-refractivity contribution >= 4 is 50.8 Å². The van der Waals surface area contributed by atoms with Gasteiger partial charge in [0.2, 0.25) is 0 Å². The third-order valence-electron chi connectivity index (χ3n) is 10.9. The molecule has 0 saturated carbocycles. The Hall–Kier alpha value is -5.24. The van der Waals surface area contributed by atoms with Gasteiger partial charge in [0.05, 0.1) is 0 Å². The molecule has 1 heterocycles. The minimum Gasteiger partial charge on any atom is -0.0623 e. The molecule has 0 bridgehead atoms. The van der Waals surface area contributed by atoms with E-state index < -0.39 is 8.07 Å². The van der Waals surface area contributed by atoms with Crippen LogP contribution in [0, 0.1) is 27.7 Å². The fourth-order valence-corrected chi connectivity index (χ4v) is 11.9. The molecule has 1 heteroatoms. The predicted octanol–water partition coefficient (Wildman–Crippen LogP) is 12.2. The lowest BCUT2D eigenvalue weighted by Gasteiger charge is -2.23. The lowest BCUT2D eigenvalue weighted by molar-refractivity contribution is 1.38. The summed E-state index contributed by atoms with van der Waals surface area (Å²) in [6, 6.07) is 51.2. The van der Waals surface area contributed by atoms with Crippen molar-refractivity contribution in [2.24, 2.45) is 0 Å². The van der Waals surface area contributed by atoms with Crippen molar-refractivity contribution in [1.29, 1.82) is 0 Å². The molecule has 8 aromatic carbocycles. The fraction of sp³-hybridized carbons (Fsp3) is 0.125. The maximum absolute atomic E-state index is 2.61. The average molecular weight is 645 g/mol. The SMILES string of the molecule is Cc1cc(C)cc(-c2c3ccc(-c4ccc5ccccc5c4)cc3c(-c3cc(C)cc(C)c3)c3cc4c(cc23)-c2ccccc2[Si]4(C)C)c1. The second-order valence-corrected chi connectivity index (χ2v) is 19.3. The van der Waals surface area contributed by atoms with Gasteiger partial charge < -0.3 is 0 Å². The molecule has 1 aliphatic rings. The van der Waals surface area contributed by atoms with E-state index in [1.807, 2.05) is 0 Å². The molecule has 0 fully saturated rings. The van der Waals surface area contributed by atoms with Crippen LogP contribution in [0.5, 0.6) is 0 Å². The van der Waals surface area contributed by atoms with Crippen molar-refractivity contribution in [3.63, 3.8) is 0 Å². The van der Waals surface area contributed by atoms with Crippen LogP contribution in [0.3, 0.4) is 0 Å². The highest BCUT2D eigenvalue weighted by molar-refractivity contribution is 7.04. The Labute approximate surface area is 290 Å². The summed E-state index contributed by atoms with van der Waals surface area (Å²) >= 11 is 0. The summed E-state index contributed by atoms with van der Waals surface area (Å²) in [4.78, 5) is 0. The Kier molecular flexibility index (Phi) is 6.63. The van der Waals surface area contributed by atoms with Gasteiger partial charge in [-0.1, -0.05) is 151 Å². The maximum atomic E-state index is 2.61. The van der Waals surface area contributed by atoms with Crippen LogP contribution < -0.4 is 10.4 Å². The van der Waals surface area contributed by atoms with E-state index in [0.717, 1.165) is 0 Å². The number of fused-ring (bicyclic) bond motifs is 6. The van der Waals surface area contributed by atoms with Gasteiger partial charge in [0.15, 0.2) is 0 Å². The van der Waals surface area contributed by atoms with Gasteiger partial charge in [-0.25, -0.2) is 0 Å². The van der Waals surface area contributed by atoms with Crippen LogP contribution in [0.2, 0.25) is 13.1 Å². The first-order valence-electron chi connectivity index (χ1n) is 17.5. The third kappa shape index (κ3) is 4.71. The maximum Gasteiger partial charge on any atom is 0.113 e. The first kappa shape index (κ1) is 29.9. The summed E-state index contributed by atoms with van der Waals surface area (Å²) in [6.07, 6.45) is 0. The summed E-state index contributed by atoms with van der Waals surface area (Å²) in [5, 5.41) is 10.9. The van der Waals surface area contributed by atoms with E-state index >= 15 is 0 Å². The van der Waals surface area contributed by atoms with Crippen molar-refractivity contribution in [3.05, 3.63) is 156 Å². The molecular weight excluding hydrogens is 605 g/mol. The zero-order valence-electron chi connectivity index (χ0n) is 29.2. The molecule has 0 N–H and O–H groups in total. The minimum absolute atomic E-state index is 1.25. The van der Waals surface area contributed by atoms with Gasteiger partial charge in [0.1, 0.15) is 8.07 Å². The van der Waals surface area contributed by atoms with Gasteiger partial charge >= 0.3 is 0 Å². The van der Waals surface area contributed by atoms with Gasteiger partial charge in [-0.15, -0.1) is 0 Å². The molecular formula is C48H40Si. The van der Waals surface area contributed by atoms with Crippen LogP contribution in [-0.4, -0.2) is 8.07 Å². The van der Waals surface area contributed by atoms with E-state index in [-0.39, 0.29) is 0 Å². The highest BCUT2D eigenvalue weighted by atomic mass is 28.3. The van der Waals surface area contributed by atoms with Crippen molar-refractivity contribution < 1.29 is 0 Å². The Balaban J connectivity index is 1.47. The van der Waals surface area contributed by atoms with Crippen LogP contribution in [0.1, 0.15) is 22.3 Å². The Bertz CT molecular complexity index is 2630. The summed E-state index contributed by atoms with van der Waals surface area (Å²) < 4.78 is 0. The monoisotopic (exact) mass is 644 g/mol. The summed E-state index contributed by atoms with van der Waals surface area (Å²) in [5.41, 5.74) is 15.8. The van der Waals surface area contributed by atoms with Crippen LogP contribution in [0.25, 0.3) is 76.8 Å². The largest absolute Gasteiger partial charge is 0.113 e. The first-order valence-corrected chi connectivity index (χ1v) is 20.5. The van der Waals surface area contributed by atoms with Crippen molar-refractivity contribution in [3.8, 4) is 44.5 Å². The molecule has 1 aliphatic heterocycles. The molecule has 0 atom stereocenters. The topological polar surface area (TPSA) is 0 Å². The minimum atomic E-state index is -1.92. The zero-order chi connectivity index (χ0) is 33.6. The smallest absolute Gasteiger partial charge is 0.0623 e. The molecule has 0 amide bonds. The molecule has 8 aromatic rings. The summed E-state index contributed by atoms with van der Waals surface area (Å²) in [7, 11) is -1.92. The molecule has 0 aromatic heterocycles.